The molecule has 1 amide bonds. The molecule has 1 aromatic carbocycles. The van der Waals surface area contributed by atoms with Gasteiger partial charge in [0.25, 0.3) is 11.5 Å². The van der Waals surface area contributed by atoms with Gasteiger partial charge >= 0.3 is 6.18 Å². The predicted octanol–water partition coefficient (Wildman–Crippen LogP) is 5.66. The van der Waals surface area contributed by atoms with Crippen molar-refractivity contribution < 1.29 is 22.8 Å². The highest BCUT2D eigenvalue weighted by molar-refractivity contribution is 7.14. The molecule has 0 saturated heterocycles. The number of thiophene rings is 1. The average molecular weight is 529 g/mol. The van der Waals surface area contributed by atoms with Crippen LogP contribution in [0.4, 0.5) is 13.2 Å². The minimum Gasteiger partial charge on any atom is -0.372 e. The number of amidine groups is 1. The highest BCUT2D eigenvalue weighted by Gasteiger charge is 2.63. The molecule has 1 aromatic heterocycles. The van der Waals surface area contributed by atoms with E-state index in [9.17, 15) is 23.2 Å². The first-order valence-electron chi connectivity index (χ1n) is 10.4. The van der Waals surface area contributed by atoms with Gasteiger partial charge in [-0.3, -0.25) is 4.79 Å². The number of oxime groups is 1. The van der Waals surface area contributed by atoms with Crippen LogP contribution in [-0.4, -0.2) is 28.4 Å². The lowest BCUT2D eigenvalue weighted by atomic mass is 9.89. The summed E-state index contributed by atoms with van der Waals surface area (Å²) in [5.74, 6) is -0.137. The predicted molar refractivity (Wildman–Crippen MR) is 121 cm³/mol. The first-order chi connectivity index (χ1) is 16.0. The molecule has 3 heterocycles. The van der Waals surface area contributed by atoms with Crippen molar-refractivity contribution in [2.45, 2.75) is 56.6 Å². The van der Waals surface area contributed by atoms with Gasteiger partial charge in [0.05, 0.1) is 23.9 Å². The van der Waals surface area contributed by atoms with Crippen LogP contribution in [0, 0.1) is 18.3 Å². The molecule has 6 nitrogen and oxygen atoms in total. The number of alkyl halides is 3. The third-order valence-electron chi connectivity index (χ3n) is 6.43. The van der Waals surface area contributed by atoms with E-state index in [-0.39, 0.29) is 27.4 Å². The highest BCUT2D eigenvalue weighted by Crippen LogP contribution is 2.50. The summed E-state index contributed by atoms with van der Waals surface area (Å²) in [5, 5.41) is 16.0. The summed E-state index contributed by atoms with van der Waals surface area (Å²) in [6.07, 6.45) is -4.03. The molecule has 1 atom stereocenters. The number of carbonyl (C=O) groups is 1. The molecule has 1 unspecified atom stereocenters. The van der Waals surface area contributed by atoms with E-state index < -0.39 is 23.7 Å². The molecule has 1 aliphatic carbocycles. The Morgan fingerprint density at radius 3 is 2.50 bits per heavy atom. The van der Waals surface area contributed by atoms with Crippen molar-refractivity contribution in [1.82, 2.24) is 10.2 Å². The highest BCUT2D eigenvalue weighted by atomic mass is 35.5. The third-order valence-corrected chi connectivity index (χ3v) is 8.18. The quantitative estimate of drug-likeness (QED) is 0.557. The number of nitrogens with zero attached hydrogens (tertiary/aromatic N) is 3. The molecular formula is C22H17Cl2F3N4O2S. The second-order valence-corrected chi connectivity index (χ2v) is 10.7. The molecule has 0 radical (unpaired) electrons. The summed E-state index contributed by atoms with van der Waals surface area (Å²) in [7, 11) is 0. The van der Waals surface area contributed by atoms with Crippen molar-refractivity contribution in [2.24, 2.45) is 5.16 Å². The number of amides is 1. The summed E-state index contributed by atoms with van der Waals surface area (Å²) >= 11 is 13.2. The van der Waals surface area contributed by atoms with Crippen LogP contribution in [0.5, 0.6) is 0 Å². The van der Waals surface area contributed by atoms with E-state index in [0.717, 1.165) is 16.0 Å². The number of carbonyl (C=O) groups excluding carboxylic acids is 1. The van der Waals surface area contributed by atoms with Gasteiger partial charge in [-0.1, -0.05) is 28.4 Å². The fourth-order valence-electron chi connectivity index (χ4n) is 4.27. The molecule has 12 heteroatoms. The molecule has 1 saturated carbocycles. The number of rotatable bonds is 3. The van der Waals surface area contributed by atoms with E-state index in [0.29, 0.717) is 30.8 Å². The fraction of sp³-hybridized carbons (Fsp3) is 0.409. The first kappa shape index (κ1) is 23.3. The summed E-state index contributed by atoms with van der Waals surface area (Å²) in [6, 6.07) is 5.85. The number of hydrogen-bond acceptors (Lipinski definition) is 6. The Morgan fingerprint density at radius 2 is 1.94 bits per heavy atom. The Hall–Kier alpha value is -2.48. The van der Waals surface area contributed by atoms with Crippen LogP contribution in [0.3, 0.4) is 0 Å². The Balaban J connectivity index is 1.36. The fourth-order valence-corrected chi connectivity index (χ4v) is 6.02. The van der Waals surface area contributed by atoms with Crippen molar-refractivity contribution in [1.29, 1.82) is 5.26 Å². The lowest BCUT2D eigenvalue weighted by Gasteiger charge is -2.30. The molecular weight excluding hydrogens is 512 g/mol. The van der Waals surface area contributed by atoms with Crippen LogP contribution in [0.15, 0.2) is 23.4 Å². The molecule has 0 bridgehead atoms. The maximum Gasteiger partial charge on any atom is 0.435 e. The number of fused-ring (bicyclic) bond motifs is 1. The van der Waals surface area contributed by atoms with Crippen molar-refractivity contribution >= 4 is 46.3 Å². The zero-order valence-electron chi connectivity index (χ0n) is 17.7. The van der Waals surface area contributed by atoms with E-state index >= 15 is 0 Å². The number of hydrogen-bond donors (Lipinski definition) is 1. The van der Waals surface area contributed by atoms with Crippen molar-refractivity contribution in [3.8, 4) is 6.07 Å². The Labute approximate surface area is 206 Å². The topological polar surface area (TPSA) is 77.7 Å². The normalized spacial score (nSPS) is 22.6. The Bertz CT molecular complexity index is 1260. The molecule has 2 aliphatic heterocycles. The second kappa shape index (κ2) is 7.77. The number of nitriles is 1. The van der Waals surface area contributed by atoms with Gasteiger partial charge in [-0.2, -0.15) is 18.4 Å². The molecule has 34 heavy (non-hydrogen) atoms. The van der Waals surface area contributed by atoms with Crippen LogP contribution in [0.1, 0.15) is 50.5 Å². The van der Waals surface area contributed by atoms with Gasteiger partial charge in [-0.25, -0.2) is 0 Å². The second-order valence-electron chi connectivity index (χ2n) is 8.72. The Morgan fingerprint density at radius 1 is 1.26 bits per heavy atom. The minimum absolute atomic E-state index is 0.0670. The lowest BCUT2D eigenvalue weighted by Crippen LogP contribution is -2.43. The zero-order valence-corrected chi connectivity index (χ0v) is 20.1. The van der Waals surface area contributed by atoms with Gasteiger partial charge in [0, 0.05) is 27.0 Å². The maximum atomic E-state index is 14.2. The van der Waals surface area contributed by atoms with Gasteiger partial charge in [0.1, 0.15) is 11.4 Å². The van der Waals surface area contributed by atoms with E-state index in [1.807, 2.05) is 0 Å². The minimum atomic E-state index is -4.77. The van der Waals surface area contributed by atoms with E-state index in [1.54, 1.807) is 11.8 Å². The number of nitrogens with one attached hydrogen (secondary N) is 1. The van der Waals surface area contributed by atoms with Gasteiger partial charge in [-0.15, -0.1) is 11.3 Å². The summed E-state index contributed by atoms with van der Waals surface area (Å²) < 4.78 is 42.7. The SMILES string of the molecule is Cc1c(C(=O)NC2(C#N)CC2)sc2c1CN(C1=NOC(c3cc(Cl)cc(Cl)c3)(C(F)(F)F)C1)C2. The van der Waals surface area contributed by atoms with E-state index in [1.165, 1.54) is 29.5 Å². The van der Waals surface area contributed by atoms with Crippen LogP contribution in [0.25, 0.3) is 0 Å². The number of halogens is 5. The number of benzene rings is 1. The van der Waals surface area contributed by atoms with E-state index in [2.05, 4.69) is 16.5 Å². The summed E-state index contributed by atoms with van der Waals surface area (Å²) in [5.41, 5.74) is -2.04. The summed E-state index contributed by atoms with van der Waals surface area (Å²) in [4.78, 5) is 20.9. The van der Waals surface area contributed by atoms with E-state index in [4.69, 9.17) is 28.0 Å². The molecule has 178 valence electrons. The van der Waals surface area contributed by atoms with Gasteiger partial charge in [0.2, 0.25) is 0 Å². The van der Waals surface area contributed by atoms with Gasteiger partial charge in [0.15, 0.2) is 0 Å². The van der Waals surface area contributed by atoms with Gasteiger partial charge < -0.3 is 15.1 Å². The average Bonchev–Trinajstić information content (AvgIpc) is 3.10. The Kier molecular flexibility index (Phi) is 5.32. The van der Waals surface area contributed by atoms with Gasteiger partial charge in [-0.05, 0) is 49.1 Å². The zero-order chi connectivity index (χ0) is 24.5. The standard InChI is InChI=1S/C22H17Cl2F3N4O2S/c1-11-15-8-31(9-16(15)34-18(11)19(32)29-20(10-28)2-3-20)17-7-21(33-30-17,22(25,26)27)12-4-13(23)6-14(24)5-12/h4-6H,2-3,7-9H2,1H3,(H,29,32). The van der Waals surface area contributed by atoms with Crippen molar-refractivity contribution in [3.63, 3.8) is 0 Å². The largest absolute Gasteiger partial charge is 0.435 e. The molecule has 3 aliphatic rings. The smallest absolute Gasteiger partial charge is 0.372 e. The molecule has 1 N–H and O–H groups in total. The third kappa shape index (κ3) is 3.70. The molecule has 1 fully saturated rings. The van der Waals surface area contributed by atoms with Crippen LogP contribution in [-0.2, 0) is 23.5 Å². The van der Waals surface area contributed by atoms with Crippen LogP contribution >= 0.6 is 34.5 Å². The monoisotopic (exact) mass is 528 g/mol. The summed E-state index contributed by atoms with van der Waals surface area (Å²) in [6.45, 7) is 2.42. The van der Waals surface area contributed by atoms with Crippen LogP contribution in [0.2, 0.25) is 10.0 Å². The molecule has 2 aromatic rings. The molecule has 0 spiro atoms. The van der Waals surface area contributed by atoms with Crippen molar-refractivity contribution in [2.75, 3.05) is 0 Å². The molecule has 5 rings (SSSR count). The van der Waals surface area contributed by atoms with Crippen LogP contribution < -0.4 is 5.32 Å². The first-order valence-corrected chi connectivity index (χ1v) is 11.9. The maximum absolute atomic E-state index is 14.2. The van der Waals surface area contributed by atoms with Crippen molar-refractivity contribution in [3.05, 3.63) is 54.7 Å². The lowest BCUT2D eigenvalue weighted by molar-refractivity contribution is -0.275.